The summed E-state index contributed by atoms with van der Waals surface area (Å²) in [6, 6.07) is 34.7. The van der Waals surface area contributed by atoms with E-state index in [0.29, 0.717) is 11.1 Å². The molecule has 2 N–H and O–H groups in total. The molecule has 4 nitrogen and oxygen atoms in total. The predicted octanol–water partition coefficient (Wildman–Crippen LogP) is 7.38. The molecule has 0 saturated carbocycles. The van der Waals surface area contributed by atoms with Crippen LogP contribution in [0, 0.1) is 0 Å². The molecular weight excluding hydrogens is 424 g/mol. The van der Waals surface area contributed by atoms with Gasteiger partial charge in [-0.3, -0.25) is 0 Å². The van der Waals surface area contributed by atoms with E-state index in [-0.39, 0.29) is 0 Å². The van der Waals surface area contributed by atoms with Crippen molar-refractivity contribution in [2.24, 2.45) is 0 Å². The fraction of sp³-hybridized carbons (Fsp3) is 0. The Labute approximate surface area is 195 Å². The van der Waals surface area contributed by atoms with Crippen LogP contribution in [-0.2, 0) is 0 Å². The van der Waals surface area contributed by atoms with Crippen LogP contribution in [0.15, 0.2) is 109 Å². The lowest BCUT2D eigenvalue weighted by Crippen LogP contribution is -1.95. The summed E-state index contributed by atoms with van der Waals surface area (Å²) in [7, 11) is 0. The molecule has 0 bridgehead atoms. The molecule has 0 aliphatic carbocycles. The van der Waals surface area contributed by atoms with Gasteiger partial charge in [0.1, 0.15) is 0 Å². The minimum absolute atomic E-state index is 0.327. The second-order valence-electron chi connectivity index (χ2n) is 8.13. The van der Waals surface area contributed by atoms with Crippen molar-refractivity contribution in [2.45, 2.75) is 0 Å². The lowest BCUT2D eigenvalue weighted by molar-refractivity contribution is 0.0686. The van der Waals surface area contributed by atoms with Gasteiger partial charge in [0.05, 0.1) is 11.1 Å². The Morgan fingerprint density at radius 1 is 0.382 bits per heavy atom. The monoisotopic (exact) mass is 444 g/mol. The van der Waals surface area contributed by atoms with Gasteiger partial charge in [-0.1, -0.05) is 60.7 Å². The third kappa shape index (κ3) is 4.17. The molecule has 164 valence electrons. The zero-order valence-electron chi connectivity index (χ0n) is 18.1. The average molecular weight is 444 g/mol. The zero-order chi connectivity index (χ0) is 23.7. The van der Waals surface area contributed by atoms with Crippen molar-refractivity contribution in [3.8, 4) is 0 Å². The number of fused-ring (bicyclic) bond motifs is 4. The summed E-state index contributed by atoms with van der Waals surface area (Å²) >= 11 is 0. The second-order valence-corrected chi connectivity index (χ2v) is 8.13. The first-order valence-electron chi connectivity index (χ1n) is 10.8. The molecule has 6 rings (SSSR count). The van der Waals surface area contributed by atoms with Gasteiger partial charge in [-0.25, -0.2) is 9.59 Å². The molecule has 0 saturated heterocycles. The minimum Gasteiger partial charge on any atom is -0.478 e. The number of carboxylic acid groups (broad SMARTS) is 2. The van der Waals surface area contributed by atoms with Crippen molar-refractivity contribution in [3.05, 3.63) is 120 Å². The van der Waals surface area contributed by atoms with Gasteiger partial charge in [-0.2, -0.15) is 0 Å². The SMILES string of the molecule is O=C(O)c1ccc2cc3ccccc3cc2c1.O=C(O)c1ccc2cc3ccccc3cc2c1. The lowest BCUT2D eigenvalue weighted by Gasteiger charge is -2.03. The van der Waals surface area contributed by atoms with E-state index in [4.69, 9.17) is 10.2 Å². The van der Waals surface area contributed by atoms with Crippen LogP contribution >= 0.6 is 0 Å². The Morgan fingerprint density at radius 2 is 0.676 bits per heavy atom. The number of carboxylic acids is 2. The van der Waals surface area contributed by atoms with Gasteiger partial charge >= 0.3 is 11.9 Å². The van der Waals surface area contributed by atoms with E-state index < -0.39 is 11.9 Å². The van der Waals surface area contributed by atoms with Crippen LogP contribution in [0.5, 0.6) is 0 Å². The van der Waals surface area contributed by atoms with Gasteiger partial charge in [0.15, 0.2) is 0 Å². The smallest absolute Gasteiger partial charge is 0.335 e. The highest BCUT2D eigenvalue weighted by atomic mass is 16.4. The van der Waals surface area contributed by atoms with E-state index in [0.717, 1.165) is 32.3 Å². The van der Waals surface area contributed by atoms with Crippen molar-refractivity contribution in [1.82, 2.24) is 0 Å². The molecule has 0 heterocycles. The molecule has 34 heavy (non-hydrogen) atoms. The van der Waals surface area contributed by atoms with Gasteiger partial charge in [-0.15, -0.1) is 0 Å². The summed E-state index contributed by atoms with van der Waals surface area (Å²) in [6.45, 7) is 0. The van der Waals surface area contributed by atoms with Crippen molar-refractivity contribution in [1.29, 1.82) is 0 Å². The van der Waals surface area contributed by atoms with E-state index in [1.54, 1.807) is 24.3 Å². The first-order chi connectivity index (χ1) is 16.5. The summed E-state index contributed by atoms with van der Waals surface area (Å²) in [4.78, 5) is 21.8. The number of hydrogen-bond acceptors (Lipinski definition) is 2. The van der Waals surface area contributed by atoms with Gasteiger partial charge in [0, 0.05) is 0 Å². The maximum absolute atomic E-state index is 10.9. The van der Waals surface area contributed by atoms with E-state index in [1.807, 2.05) is 60.7 Å². The Bertz CT molecular complexity index is 1590. The van der Waals surface area contributed by atoms with Crippen LogP contribution < -0.4 is 0 Å². The highest BCUT2D eigenvalue weighted by molar-refractivity contribution is 6.02. The fourth-order valence-corrected chi connectivity index (χ4v) is 4.15. The third-order valence-corrected chi connectivity index (χ3v) is 5.90. The van der Waals surface area contributed by atoms with E-state index in [2.05, 4.69) is 24.3 Å². The Hall–Kier alpha value is -4.70. The Kier molecular flexibility index (Phi) is 5.40. The van der Waals surface area contributed by atoms with Gasteiger partial charge in [0.2, 0.25) is 0 Å². The summed E-state index contributed by atoms with van der Waals surface area (Å²) < 4.78 is 0. The Balaban J connectivity index is 0.000000142. The largest absolute Gasteiger partial charge is 0.478 e. The quantitative estimate of drug-likeness (QED) is 0.273. The summed E-state index contributed by atoms with van der Waals surface area (Å²) in [5.41, 5.74) is 0.653. The first kappa shape index (κ1) is 21.2. The molecule has 0 unspecified atom stereocenters. The van der Waals surface area contributed by atoms with Crippen molar-refractivity contribution < 1.29 is 19.8 Å². The highest BCUT2D eigenvalue weighted by Gasteiger charge is 2.05. The van der Waals surface area contributed by atoms with Crippen LogP contribution in [-0.4, -0.2) is 22.2 Å². The first-order valence-corrected chi connectivity index (χ1v) is 10.8. The molecule has 4 heteroatoms. The minimum atomic E-state index is -0.889. The summed E-state index contributed by atoms with van der Waals surface area (Å²) in [6.07, 6.45) is 0. The molecule has 0 spiro atoms. The topological polar surface area (TPSA) is 74.6 Å². The number of aromatic carboxylic acids is 2. The molecule has 0 fully saturated rings. The summed E-state index contributed by atoms with van der Waals surface area (Å²) in [5.74, 6) is -1.78. The molecule has 6 aromatic carbocycles. The van der Waals surface area contributed by atoms with Crippen molar-refractivity contribution in [3.63, 3.8) is 0 Å². The average Bonchev–Trinajstić information content (AvgIpc) is 2.85. The summed E-state index contributed by atoms with van der Waals surface area (Å²) in [5, 5.41) is 26.6. The Morgan fingerprint density at radius 3 is 1.00 bits per heavy atom. The van der Waals surface area contributed by atoms with E-state index in [9.17, 15) is 9.59 Å². The van der Waals surface area contributed by atoms with Gasteiger partial charge < -0.3 is 10.2 Å². The fourth-order valence-electron chi connectivity index (χ4n) is 4.15. The standard InChI is InChI=1S/2C15H10O2/c2*16-15(17)13-6-5-12-7-10-3-1-2-4-11(10)8-14(12)9-13/h2*1-9H,(H,16,17). The number of benzene rings is 6. The predicted molar refractivity (Wildman–Crippen MR) is 137 cm³/mol. The van der Waals surface area contributed by atoms with Crippen molar-refractivity contribution >= 4 is 55.0 Å². The lowest BCUT2D eigenvalue weighted by atomic mass is 10.0. The van der Waals surface area contributed by atoms with Crippen molar-refractivity contribution in [2.75, 3.05) is 0 Å². The van der Waals surface area contributed by atoms with Gasteiger partial charge in [-0.05, 0) is 91.6 Å². The number of hydrogen-bond donors (Lipinski definition) is 2. The third-order valence-electron chi connectivity index (χ3n) is 5.90. The molecule has 0 atom stereocenters. The molecule has 0 aliphatic heterocycles. The van der Waals surface area contributed by atoms with Crippen LogP contribution in [0.1, 0.15) is 20.7 Å². The van der Waals surface area contributed by atoms with E-state index >= 15 is 0 Å². The zero-order valence-corrected chi connectivity index (χ0v) is 18.1. The van der Waals surface area contributed by atoms with Crippen LogP contribution in [0.2, 0.25) is 0 Å². The van der Waals surface area contributed by atoms with Crippen LogP contribution in [0.4, 0.5) is 0 Å². The highest BCUT2D eigenvalue weighted by Crippen LogP contribution is 2.25. The molecule has 0 aliphatic rings. The maximum Gasteiger partial charge on any atom is 0.335 e. The number of rotatable bonds is 2. The molecule has 6 aromatic rings. The molecule has 0 aromatic heterocycles. The normalized spacial score (nSPS) is 10.8. The van der Waals surface area contributed by atoms with E-state index in [1.165, 1.54) is 10.8 Å². The van der Waals surface area contributed by atoms with Crippen LogP contribution in [0.25, 0.3) is 43.1 Å². The maximum atomic E-state index is 10.9. The second kappa shape index (κ2) is 8.68. The van der Waals surface area contributed by atoms with Crippen LogP contribution in [0.3, 0.4) is 0 Å². The van der Waals surface area contributed by atoms with Gasteiger partial charge in [0.25, 0.3) is 0 Å². The molecular formula is C30H20O4. The number of carbonyl (C=O) groups is 2. The molecule has 0 amide bonds. The molecule has 0 radical (unpaired) electrons.